The van der Waals surface area contributed by atoms with Crippen LogP contribution in [0, 0.1) is 0 Å². The van der Waals surface area contributed by atoms with Crippen molar-refractivity contribution in [3.63, 3.8) is 0 Å². The summed E-state index contributed by atoms with van der Waals surface area (Å²) >= 11 is 1.10. The van der Waals surface area contributed by atoms with E-state index >= 15 is 0 Å². The molecule has 0 aliphatic carbocycles. The zero-order valence-electron chi connectivity index (χ0n) is 11.7. The molecule has 0 heterocycles. The molecule has 0 radical (unpaired) electrons. The van der Waals surface area contributed by atoms with E-state index in [2.05, 4.69) is 5.32 Å². The number of thioether (sulfide) groups is 1. The van der Waals surface area contributed by atoms with Gasteiger partial charge < -0.3 is 15.3 Å². The van der Waals surface area contributed by atoms with Crippen LogP contribution >= 0.6 is 11.8 Å². The average molecular weight is 296 g/mol. The monoisotopic (exact) mass is 296 g/mol. The van der Waals surface area contributed by atoms with E-state index in [0.29, 0.717) is 6.54 Å². The zero-order valence-corrected chi connectivity index (χ0v) is 12.5. The van der Waals surface area contributed by atoms with E-state index < -0.39 is 5.97 Å². The molecule has 0 bridgehead atoms. The highest BCUT2D eigenvalue weighted by atomic mass is 32.2. The van der Waals surface area contributed by atoms with Crippen LogP contribution in [0.4, 0.5) is 0 Å². The summed E-state index contributed by atoms with van der Waals surface area (Å²) in [6.07, 6.45) is 0. The summed E-state index contributed by atoms with van der Waals surface area (Å²) in [5, 5.41) is 11.5. The van der Waals surface area contributed by atoms with Crippen LogP contribution in [0.5, 0.6) is 0 Å². The maximum Gasteiger partial charge on any atom is 0.313 e. The number of carboxylic acid groups (broad SMARTS) is 1. The van der Waals surface area contributed by atoms with Gasteiger partial charge in [-0.3, -0.25) is 9.59 Å². The Morgan fingerprint density at radius 1 is 1.25 bits per heavy atom. The van der Waals surface area contributed by atoms with Gasteiger partial charge in [-0.25, -0.2) is 0 Å². The first-order valence-electron chi connectivity index (χ1n) is 6.27. The van der Waals surface area contributed by atoms with Crippen molar-refractivity contribution in [2.24, 2.45) is 0 Å². The number of hydrogen-bond donors (Lipinski definition) is 2. The molecule has 0 fully saturated rings. The van der Waals surface area contributed by atoms with Crippen LogP contribution in [0.25, 0.3) is 0 Å². The van der Waals surface area contributed by atoms with Crippen LogP contribution in [-0.2, 0) is 9.59 Å². The molecule has 0 saturated carbocycles. The molecule has 0 aromatic heterocycles. The molecular formula is C14H20N2O3S. The lowest BCUT2D eigenvalue weighted by molar-refractivity contribution is -0.133. The van der Waals surface area contributed by atoms with Crippen molar-refractivity contribution < 1.29 is 14.7 Å². The number of aliphatic carboxylic acids is 1. The minimum absolute atomic E-state index is 0.0584. The lowest BCUT2D eigenvalue weighted by atomic mass is 10.1. The van der Waals surface area contributed by atoms with Gasteiger partial charge in [-0.2, -0.15) is 0 Å². The largest absolute Gasteiger partial charge is 0.481 e. The van der Waals surface area contributed by atoms with Crippen LogP contribution in [0.3, 0.4) is 0 Å². The van der Waals surface area contributed by atoms with E-state index in [-0.39, 0.29) is 23.5 Å². The van der Waals surface area contributed by atoms with Gasteiger partial charge >= 0.3 is 5.97 Å². The van der Waals surface area contributed by atoms with Gasteiger partial charge in [0.2, 0.25) is 5.91 Å². The third-order valence-electron chi connectivity index (χ3n) is 2.54. The molecule has 1 aromatic rings. The van der Waals surface area contributed by atoms with E-state index in [9.17, 15) is 9.59 Å². The molecule has 0 aliphatic rings. The van der Waals surface area contributed by atoms with E-state index in [1.54, 1.807) is 0 Å². The van der Waals surface area contributed by atoms with Gasteiger partial charge in [0, 0.05) is 6.54 Å². The smallest absolute Gasteiger partial charge is 0.313 e. The number of amides is 1. The number of hydrogen-bond acceptors (Lipinski definition) is 4. The molecular weight excluding hydrogens is 276 g/mol. The first-order valence-corrected chi connectivity index (χ1v) is 7.43. The zero-order chi connectivity index (χ0) is 15.0. The number of likely N-dealkylation sites (N-methyl/N-ethyl adjacent to an activating group) is 1. The van der Waals surface area contributed by atoms with Crippen LogP contribution in [0.1, 0.15) is 11.6 Å². The summed E-state index contributed by atoms with van der Waals surface area (Å²) in [4.78, 5) is 24.3. The predicted octanol–water partition coefficient (Wildman–Crippen LogP) is 1.22. The fourth-order valence-corrected chi connectivity index (χ4v) is 2.30. The van der Waals surface area contributed by atoms with Gasteiger partial charge in [-0.05, 0) is 19.7 Å². The van der Waals surface area contributed by atoms with Crippen molar-refractivity contribution in [3.05, 3.63) is 35.9 Å². The van der Waals surface area contributed by atoms with E-state index in [0.717, 1.165) is 17.3 Å². The standard InChI is InChI=1S/C14H20N2O3S/c1-16(2)8-12(11-6-4-3-5-7-11)15-13(17)9-20-10-14(18)19/h3-7,12H,8-10H2,1-2H3,(H,15,17)(H,18,19). The Balaban J connectivity index is 2.57. The molecule has 0 saturated heterocycles. The number of nitrogens with one attached hydrogen (secondary N) is 1. The molecule has 6 heteroatoms. The Bertz CT molecular complexity index is 437. The number of benzene rings is 1. The SMILES string of the molecule is CN(C)CC(NC(=O)CSCC(=O)O)c1ccccc1. The van der Waals surface area contributed by atoms with Gasteiger partial charge in [0.25, 0.3) is 0 Å². The van der Waals surface area contributed by atoms with E-state index in [4.69, 9.17) is 5.11 Å². The van der Waals surface area contributed by atoms with E-state index in [1.165, 1.54) is 0 Å². The third kappa shape index (κ3) is 6.58. The van der Waals surface area contributed by atoms with Crippen molar-refractivity contribution in [1.82, 2.24) is 10.2 Å². The highest BCUT2D eigenvalue weighted by Gasteiger charge is 2.15. The van der Waals surface area contributed by atoms with Crippen molar-refractivity contribution in [2.75, 3.05) is 32.1 Å². The maximum absolute atomic E-state index is 11.8. The summed E-state index contributed by atoms with van der Waals surface area (Å²) in [7, 11) is 3.89. The van der Waals surface area contributed by atoms with Gasteiger partial charge in [0.1, 0.15) is 0 Å². The molecule has 20 heavy (non-hydrogen) atoms. The average Bonchev–Trinajstić information content (AvgIpc) is 2.38. The lowest BCUT2D eigenvalue weighted by Crippen LogP contribution is -2.36. The van der Waals surface area contributed by atoms with Gasteiger partial charge in [0.05, 0.1) is 17.5 Å². The summed E-state index contributed by atoms with van der Waals surface area (Å²) in [5.74, 6) is -0.956. The van der Waals surface area contributed by atoms with Gasteiger partial charge in [0.15, 0.2) is 0 Å². The second-order valence-corrected chi connectivity index (χ2v) is 5.67. The Morgan fingerprint density at radius 3 is 2.45 bits per heavy atom. The van der Waals surface area contributed by atoms with Crippen LogP contribution in [0.15, 0.2) is 30.3 Å². The summed E-state index contributed by atoms with van der Waals surface area (Å²) < 4.78 is 0. The van der Waals surface area contributed by atoms with Crippen molar-refractivity contribution in [1.29, 1.82) is 0 Å². The van der Waals surface area contributed by atoms with Gasteiger partial charge in [-0.15, -0.1) is 11.8 Å². The Kier molecular flexibility index (Phi) is 7.11. The first kappa shape index (κ1) is 16.5. The highest BCUT2D eigenvalue weighted by molar-refractivity contribution is 8.00. The Morgan fingerprint density at radius 2 is 1.90 bits per heavy atom. The molecule has 0 aliphatic heterocycles. The number of carbonyl (C=O) groups excluding carboxylic acids is 1. The highest BCUT2D eigenvalue weighted by Crippen LogP contribution is 2.13. The molecule has 110 valence electrons. The van der Waals surface area contributed by atoms with Crippen molar-refractivity contribution in [3.8, 4) is 0 Å². The first-order chi connectivity index (χ1) is 9.49. The van der Waals surface area contributed by atoms with Crippen LogP contribution < -0.4 is 5.32 Å². The normalized spacial score (nSPS) is 12.2. The number of nitrogens with zero attached hydrogens (tertiary/aromatic N) is 1. The topological polar surface area (TPSA) is 69.6 Å². The van der Waals surface area contributed by atoms with Crippen molar-refractivity contribution >= 4 is 23.6 Å². The maximum atomic E-state index is 11.8. The van der Waals surface area contributed by atoms with Gasteiger partial charge in [-0.1, -0.05) is 30.3 Å². The Labute approximate surface area is 123 Å². The van der Waals surface area contributed by atoms with Crippen molar-refractivity contribution in [2.45, 2.75) is 6.04 Å². The molecule has 1 unspecified atom stereocenters. The number of carboxylic acids is 1. The predicted molar refractivity (Wildman–Crippen MR) is 80.8 cm³/mol. The molecule has 5 nitrogen and oxygen atoms in total. The number of rotatable bonds is 8. The lowest BCUT2D eigenvalue weighted by Gasteiger charge is -2.22. The number of carbonyl (C=O) groups is 2. The Hall–Kier alpha value is -1.53. The molecule has 1 atom stereocenters. The molecule has 0 spiro atoms. The molecule has 1 amide bonds. The second-order valence-electron chi connectivity index (χ2n) is 4.68. The summed E-state index contributed by atoms with van der Waals surface area (Å²) in [6, 6.07) is 9.65. The minimum Gasteiger partial charge on any atom is -0.481 e. The third-order valence-corrected chi connectivity index (χ3v) is 3.46. The molecule has 1 aromatic carbocycles. The minimum atomic E-state index is -0.907. The quantitative estimate of drug-likeness (QED) is 0.755. The van der Waals surface area contributed by atoms with Crippen LogP contribution in [0.2, 0.25) is 0 Å². The fourth-order valence-electron chi connectivity index (χ4n) is 1.75. The summed E-state index contributed by atoms with van der Waals surface area (Å²) in [6.45, 7) is 0.694. The molecule has 1 rings (SSSR count). The fraction of sp³-hybridized carbons (Fsp3) is 0.429. The summed E-state index contributed by atoms with van der Waals surface area (Å²) in [5.41, 5.74) is 1.04. The van der Waals surface area contributed by atoms with E-state index in [1.807, 2.05) is 49.3 Å². The van der Waals surface area contributed by atoms with Crippen LogP contribution in [-0.4, -0.2) is 54.0 Å². The second kappa shape index (κ2) is 8.60. The molecule has 2 N–H and O–H groups in total.